The highest BCUT2D eigenvalue weighted by Crippen LogP contribution is 2.36. The smallest absolute Gasteiger partial charge is 0.489 e. The van der Waals surface area contributed by atoms with E-state index in [1.54, 1.807) is 0 Å². The fourth-order valence-corrected chi connectivity index (χ4v) is 4.15. The molecule has 2 aromatic rings. The summed E-state index contributed by atoms with van der Waals surface area (Å²) in [4.78, 5) is 26.6. The predicted octanol–water partition coefficient (Wildman–Crippen LogP) is 3.32. The lowest BCUT2D eigenvalue weighted by Crippen LogP contribution is -2.41. The van der Waals surface area contributed by atoms with Gasteiger partial charge in [-0.1, -0.05) is 42.5 Å². The van der Waals surface area contributed by atoms with Crippen LogP contribution in [0.25, 0.3) is 0 Å². The Balaban J connectivity index is 1.43. The Bertz CT molecular complexity index is 1040. The van der Waals surface area contributed by atoms with Crippen LogP contribution >= 0.6 is 0 Å². The number of hydrogen-bond donors (Lipinski definition) is 0. The molecular weight excluding hydrogens is 449 g/mol. The number of likely N-dealkylation sites (tertiary alicyclic amines) is 1. The molecule has 2 aromatic carbocycles. The lowest BCUT2D eigenvalue weighted by atomic mass is 9.79. The number of esters is 1. The summed E-state index contributed by atoms with van der Waals surface area (Å²) in [7, 11) is 0.789. The minimum absolute atomic E-state index is 0.117. The molecule has 0 radical (unpaired) electrons. The van der Waals surface area contributed by atoms with Crippen LogP contribution in [0.2, 0.25) is 0 Å². The number of carbonyl (C=O) groups is 2. The zero-order chi connectivity index (χ0) is 25.2. The standard InChI is InChI=1S/C26H32BNO7/c1-25(2)26(3,4)35-27(34-25)19-12-9-13-20(14-19)33-21-15-22(23(29)31-5)28(16-21)24(30)32-17-18-10-7-6-8-11-18/h6-14,21-22H,15-17H2,1-5H3/t21-,22-/m0/s1. The van der Waals surface area contributed by atoms with Crippen molar-refractivity contribution in [1.29, 1.82) is 0 Å². The van der Waals surface area contributed by atoms with Gasteiger partial charge in [0.1, 0.15) is 24.5 Å². The Morgan fingerprint density at radius 2 is 1.71 bits per heavy atom. The topological polar surface area (TPSA) is 83.5 Å². The highest BCUT2D eigenvalue weighted by molar-refractivity contribution is 6.62. The zero-order valence-corrected chi connectivity index (χ0v) is 20.9. The monoisotopic (exact) mass is 481 g/mol. The van der Waals surface area contributed by atoms with E-state index < -0.39 is 42.5 Å². The van der Waals surface area contributed by atoms with Gasteiger partial charge in [-0.3, -0.25) is 4.90 Å². The Morgan fingerprint density at radius 1 is 1.03 bits per heavy atom. The second-order valence-corrected chi connectivity index (χ2v) is 9.87. The lowest BCUT2D eigenvalue weighted by molar-refractivity contribution is -0.145. The van der Waals surface area contributed by atoms with Crippen LogP contribution in [-0.2, 0) is 30.2 Å². The van der Waals surface area contributed by atoms with Gasteiger partial charge in [-0.15, -0.1) is 0 Å². The molecule has 8 nitrogen and oxygen atoms in total. The molecule has 2 aliphatic heterocycles. The molecule has 4 rings (SSSR count). The predicted molar refractivity (Wildman–Crippen MR) is 130 cm³/mol. The van der Waals surface area contributed by atoms with Crippen molar-refractivity contribution in [2.45, 2.75) is 64.1 Å². The SMILES string of the molecule is COC(=O)[C@@H]1C[C@H](Oc2cccc(B3OC(C)(C)C(C)(C)O3)c2)CN1C(=O)OCc1ccccc1. The first kappa shape index (κ1) is 25.1. The van der Waals surface area contributed by atoms with Gasteiger partial charge < -0.3 is 23.5 Å². The van der Waals surface area contributed by atoms with Crippen molar-refractivity contribution in [2.24, 2.45) is 0 Å². The van der Waals surface area contributed by atoms with Crippen molar-refractivity contribution in [3.63, 3.8) is 0 Å². The molecule has 0 aromatic heterocycles. The summed E-state index contributed by atoms with van der Waals surface area (Å²) >= 11 is 0. The molecule has 2 atom stereocenters. The minimum atomic E-state index is -0.778. The second-order valence-electron chi connectivity index (χ2n) is 9.87. The first-order valence-electron chi connectivity index (χ1n) is 11.8. The summed E-state index contributed by atoms with van der Waals surface area (Å²) in [6.07, 6.45) is -0.688. The summed E-state index contributed by atoms with van der Waals surface area (Å²) in [5.41, 5.74) is 0.799. The largest absolute Gasteiger partial charge is 0.494 e. The van der Waals surface area contributed by atoms with Gasteiger partial charge in [-0.05, 0) is 50.9 Å². The maximum absolute atomic E-state index is 12.8. The zero-order valence-electron chi connectivity index (χ0n) is 20.9. The molecule has 0 aliphatic carbocycles. The van der Waals surface area contributed by atoms with Crippen LogP contribution < -0.4 is 10.2 Å². The Kier molecular flexibility index (Phi) is 7.10. The van der Waals surface area contributed by atoms with Gasteiger partial charge >= 0.3 is 19.2 Å². The van der Waals surface area contributed by atoms with Crippen LogP contribution in [0.15, 0.2) is 54.6 Å². The number of carbonyl (C=O) groups excluding carboxylic acids is 2. The van der Waals surface area contributed by atoms with Crippen LogP contribution in [0.3, 0.4) is 0 Å². The molecular formula is C26H32BNO7. The number of methoxy groups -OCH3 is 1. The van der Waals surface area contributed by atoms with Crippen LogP contribution in [-0.4, -0.2) is 61.1 Å². The van der Waals surface area contributed by atoms with E-state index in [4.69, 9.17) is 23.5 Å². The third-order valence-corrected chi connectivity index (χ3v) is 6.86. The van der Waals surface area contributed by atoms with E-state index in [1.807, 2.05) is 82.3 Å². The maximum Gasteiger partial charge on any atom is 0.494 e. The Hall–Kier alpha value is -3.04. The van der Waals surface area contributed by atoms with E-state index in [-0.39, 0.29) is 13.2 Å². The number of amides is 1. The molecule has 2 saturated heterocycles. The van der Waals surface area contributed by atoms with Gasteiger partial charge in [0.05, 0.1) is 24.9 Å². The molecule has 2 fully saturated rings. The first-order valence-corrected chi connectivity index (χ1v) is 11.8. The van der Waals surface area contributed by atoms with E-state index >= 15 is 0 Å². The molecule has 9 heteroatoms. The number of rotatable bonds is 6. The van der Waals surface area contributed by atoms with Crippen molar-refractivity contribution < 1.29 is 33.1 Å². The molecule has 0 N–H and O–H groups in total. The minimum Gasteiger partial charge on any atom is -0.489 e. The van der Waals surface area contributed by atoms with E-state index in [9.17, 15) is 9.59 Å². The number of hydrogen-bond acceptors (Lipinski definition) is 7. The van der Waals surface area contributed by atoms with Gasteiger partial charge in [0.25, 0.3) is 0 Å². The molecule has 2 aliphatic rings. The van der Waals surface area contributed by atoms with Crippen molar-refractivity contribution in [3.8, 4) is 5.75 Å². The summed E-state index contributed by atoms with van der Waals surface area (Å²) in [5, 5.41) is 0. The third kappa shape index (κ3) is 5.46. The van der Waals surface area contributed by atoms with Crippen LogP contribution in [0.4, 0.5) is 4.79 Å². The fourth-order valence-electron chi connectivity index (χ4n) is 4.15. The van der Waals surface area contributed by atoms with Crippen molar-refractivity contribution in [1.82, 2.24) is 4.90 Å². The van der Waals surface area contributed by atoms with Crippen LogP contribution in [0.1, 0.15) is 39.7 Å². The molecule has 0 unspecified atom stereocenters. The number of benzene rings is 2. The Labute approximate surface area is 206 Å². The normalized spacial score (nSPS) is 22.7. The molecule has 2 heterocycles. The van der Waals surface area contributed by atoms with Gasteiger partial charge in [0, 0.05) is 6.42 Å². The quantitative estimate of drug-likeness (QED) is 0.463. The molecule has 35 heavy (non-hydrogen) atoms. The summed E-state index contributed by atoms with van der Waals surface area (Å²) in [6.45, 7) is 8.34. The van der Waals surface area contributed by atoms with Gasteiger partial charge in [-0.25, -0.2) is 9.59 Å². The molecule has 186 valence electrons. The second kappa shape index (κ2) is 9.91. The fraction of sp³-hybridized carbons (Fsp3) is 0.462. The van der Waals surface area contributed by atoms with Crippen LogP contribution in [0.5, 0.6) is 5.75 Å². The van der Waals surface area contributed by atoms with Gasteiger partial charge in [0.15, 0.2) is 0 Å². The van der Waals surface area contributed by atoms with E-state index in [2.05, 4.69) is 0 Å². The summed E-state index contributed by atoms with van der Waals surface area (Å²) in [5.74, 6) is 0.101. The third-order valence-electron chi connectivity index (χ3n) is 6.86. The van der Waals surface area contributed by atoms with Crippen molar-refractivity contribution in [3.05, 3.63) is 60.2 Å². The van der Waals surface area contributed by atoms with Crippen molar-refractivity contribution in [2.75, 3.05) is 13.7 Å². The Morgan fingerprint density at radius 3 is 2.37 bits per heavy atom. The average Bonchev–Trinajstić information content (AvgIpc) is 3.35. The van der Waals surface area contributed by atoms with Gasteiger partial charge in [-0.2, -0.15) is 0 Å². The van der Waals surface area contributed by atoms with Gasteiger partial charge in [0.2, 0.25) is 0 Å². The highest BCUT2D eigenvalue weighted by atomic mass is 16.7. The first-order chi connectivity index (χ1) is 16.6. The average molecular weight is 481 g/mol. The van der Waals surface area contributed by atoms with E-state index in [0.717, 1.165) is 11.0 Å². The maximum atomic E-state index is 12.8. The lowest BCUT2D eigenvalue weighted by Gasteiger charge is -2.32. The molecule has 1 amide bonds. The number of ether oxygens (including phenoxy) is 3. The summed E-state index contributed by atoms with van der Waals surface area (Å²) in [6, 6.07) is 16.1. The van der Waals surface area contributed by atoms with Crippen molar-refractivity contribution >= 4 is 24.6 Å². The molecule has 0 spiro atoms. The highest BCUT2D eigenvalue weighted by Gasteiger charge is 2.51. The van der Waals surface area contributed by atoms with Crippen LogP contribution in [0, 0.1) is 0 Å². The number of nitrogens with zero attached hydrogens (tertiary/aromatic N) is 1. The molecule has 0 bridgehead atoms. The van der Waals surface area contributed by atoms with E-state index in [1.165, 1.54) is 12.0 Å². The molecule has 0 saturated carbocycles. The summed E-state index contributed by atoms with van der Waals surface area (Å²) < 4.78 is 28.8. The van der Waals surface area contributed by atoms with E-state index in [0.29, 0.717) is 12.2 Å².